The van der Waals surface area contributed by atoms with E-state index in [2.05, 4.69) is 10.2 Å². The molecule has 1 heterocycles. The van der Waals surface area contributed by atoms with Crippen molar-refractivity contribution in [3.05, 3.63) is 39.7 Å². The number of aryl methyl sites for hydroxylation is 2. The fourth-order valence-corrected chi connectivity index (χ4v) is 3.83. The maximum absolute atomic E-state index is 12.8. The molecule has 0 bridgehead atoms. The molecule has 1 unspecified atom stereocenters. The van der Waals surface area contributed by atoms with Gasteiger partial charge in [-0.25, -0.2) is 4.79 Å². The van der Waals surface area contributed by atoms with E-state index in [9.17, 15) is 9.59 Å². The number of fused-ring (bicyclic) bond motifs is 1. The van der Waals surface area contributed by atoms with E-state index in [1.54, 1.807) is 0 Å². The number of rotatable bonds is 4. The van der Waals surface area contributed by atoms with Gasteiger partial charge in [-0.05, 0) is 63.9 Å². The van der Waals surface area contributed by atoms with Gasteiger partial charge in [0.1, 0.15) is 5.58 Å². The largest absolute Gasteiger partial charge is 0.423 e. The molecule has 3 rings (SSSR count). The summed E-state index contributed by atoms with van der Waals surface area (Å²) in [6, 6.07) is 5.48. The van der Waals surface area contributed by atoms with Crippen LogP contribution >= 0.6 is 0 Å². The third-order valence-corrected chi connectivity index (χ3v) is 5.70. The third-order valence-electron chi connectivity index (χ3n) is 5.70. The van der Waals surface area contributed by atoms with Gasteiger partial charge in [0, 0.05) is 23.2 Å². The molecular formula is C21H28N2O3. The number of hydrogen-bond acceptors (Lipinski definition) is 4. The topological polar surface area (TPSA) is 62.6 Å². The second-order valence-electron chi connectivity index (χ2n) is 7.53. The Labute approximate surface area is 154 Å². The van der Waals surface area contributed by atoms with Crippen molar-refractivity contribution in [2.45, 2.75) is 65.0 Å². The van der Waals surface area contributed by atoms with Crippen molar-refractivity contribution in [3.8, 4) is 0 Å². The molecule has 5 nitrogen and oxygen atoms in total. The van der Waals surface area contributed by atoms with Gasteiger partial charge >= 0.3 is 5.63 Å². The Hall–Kier alpha value is -2.14. The normalized spacial score (nSPS) is 16.8. The number of benzene rings is 1. The molecule has 2 aromatic rings. The molecule has 5 heteroatoms. The monoisotopic (exact) mass is 356 g/mol. The van der Waals surface area contributed by atoms with Crippen LogP contribution in [0.2, 0.25) is 0 Å². The quantitative estimate of drug-likeness (QED) is 0.841. The molecule has 1 aliphatic carbocycles. The highest BCUT2D eigenvalue weighted by molar-refractivity contribution is 5.97. The molecule has 0 aliphatic heterocycles. The van der Waals surface area contributed by atoms with Crippen LogP contribution in [-0.4, -0.2) is 29.9 Å². The molecule has 1 N–H and O–H groups in total. The summed E-state index contributed by atoms with van der Waals surface area (Å²) in [5, 5.41) is 3.91. The van der Waals surface area contributed by atoms with Crippen molar-refractivity contribution in [1.82, 2.24) is 4.90 Å². The Morgan fingerprint density at radius 3 is 2.54 bits per heavy atom. The summed E-state index contributed by atoms with van der Waals surface area (Å²) in [6.07, 6.45) is 6.13. The zero-order valence-electron chi connectivity index (χ0n) is 16.1. The van der Waals surface area contributed by atoms with Crippen molar-refractivity contribution >= 4 is 22.6 Å². The fraction of sp³-hybridized carbons (Fsp3) is 0.524. The SMILES string of the molecule is Cc1cc2oc(=O)cc(C)c2cc1NC(=O)C(C)N(C)C1CCCCC1. The first-order chi connectivity index (χ1) is 12.4. The average Bonchev–Trinajstić information content (AvgIpc) is 2.62. The van der Waals surface area contributed by atoms with Crippen molar-refractivity contribution in [1.29, 1.82) is 0 Å². The van der Waals surface area contributed by atoms with Crippen LogP contribution in [0.15, 0.2) is 27.4 Å². The first kappa shape index (κ1) is 18.6. The van der Waals surface area contributed by atoms with Gasteiger partial charge < -0.3 is 9.73 Å². The molecule has 0 radical (unpaired) electrons. The summed E-state index contributed by atoms with van der Waals surface area (Å²) >= 11 is 0. The van der Waals surface area contributed by atoms with Crippen LogP contribution in [0.3, 0.4) is 0 Å². The highest BCUT2D eigenvalue weighted by atomic mass is 16.4. The number of nitrogens with zero attached hydrogens (tertiary/aromatic N) is 1. The van der Waals surface area contributed by atoms with Gasteiger partial charge in [0.15, 0.2) is 0 Å². The van der Waals surface area contributed by atoms with Gasteiger partial charge in [0.05, 0.1) is 6.04 Å². The Morgan fingerprint density at radius 2 is 1.85 bits per heavy atom. The van der Waals surface area contributed by atoms with Gasteiger partial charge in [-0.15, -0.1) is 0 Å². The van der Waals surface area contributed by atoms with E-state index in [1.807, 2.05) is 40.0 Å². The standard InChI is InChI=1S/C21H28N2O3/c1-13-11-20(24)26-19-10-14(2)18(12-17(13)19)22-21(25)15(3)23(4)16-8-6-5-7-9-16/h10-12,15-16H,5-9H2,1-4H3,(H,22,25). The highest BCUT2D eigenvalue weighted by Crippen LogP contribution is 2.26. The molecule has 1 aliphatic rings. The van der Waals surface area contributed by atoms with Crippen LogP contribution in [0, 0.1) is 13.8 Å². The van der Waals surface area contributed by atoms with E-state index in [0.29, 0.717) is 11.6 Å². The zero-order chi connectivity index (χ0) is 18.8. The summed E-state index contributed by atoms with van der Waals surface area (Å²) in [7, 11) is 2.05. The Kier molecular flexibility index (Phi) is 5.47. The van der Waals surface area contributed by atoms with Crippen LogP contribution in [0.1, 0.15) is 50.2 Å². The lowest BCUT2D eigenvalue weighted by Gasteiger charge is -2.34. The second-order valence-corrected chi connectivity index (χ2v) is 7.53. The minimum absolute atomic E-state index is 0.00411. The zero-order valence-corrected chi connectivity index (χ0v) is 16.1. The number of carbonyl (C=O) groups excluding carboxylic acids is 1. The lowest BCUT2D eigenvalue weighted by Crippen LogP contribution is -2.46. The number of hydrogen-bond donors (Lipinski definition) is 1. The Morgan fingerprint density at radius 1 is 1.15 bits per heavy atom. The summed E-state index contributed by atoms with van der Waals surface area (Å²) in [5.41, 5.74) is 2.70. The molecule has 0 spiro atoms. The van der Waals surface area contributed by atoms with Gasteiger partial charge in [-0.3, -0.25) is 9.69 Å². The van der Waals surface area contributed by atoms with Gasteiger partial charge in [-0.2, -0.15) is 0 Å². The minimum Gasteiger partial charge on any atom is -0.423 e. The summed E-state index contributed by atoms with van der Waals surface area (Å²) < 4.78 is 5.27. The molecule has 140 valence electrons. The predicted molar refractivity (Wildman–Crippen MR) is 105 cm³/mol. The van der Waals surface area contributed by atoms with Crippen molar-refractivity contribution < 1.29 is 9.21 Å². The van der Waals surface area contributed by atoms with E-state index >= 15 is 0 Å². The molecular weight excluding hydrogens is 328 g/mol. The van der Waals surface area contributed by atoms with Crippen LogP contribution in [0.25, 0.3) is 11.0 Å². The smallest absolute Gasteiger partial charge is 0.336 e. The van der Waals surface area contributed by atoms with E-state index in [0.717, 1.165) is 22.2 Å². The minimum atomic E-state index is -0.353. The maximum atomic E-state index is 12.8. The molecule has 1 atom stereocenters. The van der Waals surface area contributed by atoms with Gasteiger partial charge in [-0.1, -0.05) is 19.3 Å². The number of likely N-dealkylation sites (N-methyl/N-ethyl adjacent to an activating group) is 1. The van der Waals surface area contributed by atoms with Gasteiger partial charge in [0.2, 0.25) is 5.91 Å². The Balaban J connectivity index is 1.80. The summed E-state index contributed by atoms with van der Waals surface area (Å²) in [4.78, 5) is 26.6. The number of nitrogens with one attached hydrogen (secondary N) is 1. The molecule has 1 aromatic heterocycles. The van der Waals surface area contributed by atoms with Crippen LogP contribution < -0.4 is 10.9 Å². The van der Waals surface area contributed by atoms with Crippen molar-refractivity contribution in [2.75, 3.05) is 12.4 Å². The second kappa shape index (κ2) is 7.62. The molecule has 26 heavy (non-hydrogen) atoms. The van der Waals surface area contributed by atoms with Gasteiger partial charge in [0.25, 0.3) is 0 Å². The molecule has 0 saturated heterocycles. The molecule has 1 aromatic carbocycles. The first-order valence-electron chi connectivity index (χ1n) is 9.44. The fourth-order valence-electron chi connectivity index (χ4n) is 3.83. The lowest BCUT2D eigenvalue weighted by atomic mass is 9.93. The van der Waals surface area contributed by atoms with E-state index in [1.165, 1.54) is 38.2 Å². The van der Waals surface area contributed by atoms with Crippen LogP contribution in [0.4, 0.5) is 5.69 Å². The van der Waals surface area contributed by atoms with Crippen LogP contribution in [0.5, 0.6) is 0 Å². The highest BCUT2D eigenvalue weighted by Gasteiger charge is 2.26. The summed E-state index contributed by atoms with van der Waals surface area (Å²) in [5.74, 6) is -0.00411. The summed E-state index contributed by atoms with van der Waals surface area (Å²) in [6.45, 7) is 5.75. The van der Waals surface area contributed by atoms with E-state index in [-0.39, 0.29) is 17.6 Å². The number of amides is 1. The van der Waals surface area contributed by atoms with E-state index in [4.69, 9.17) is 4.42 Å². The first-order valence-corrected chi connectivity index (χ1v) is 9.44. The maximum Gasteiger partial charge on any atom is 0.336 e. The predicted octanol–water partition coefficient (Wildman–Crippen LogP) is 4.00. The van der Waals surface area contributed by atoms with E-state index < -0.39 is 0 Å². The number of anilines is 1. The molecule has 1 amide bonds. The molecule has 1 saturated carbocycles. The van der Waals surface area contributed by atoms with Crippen molar-refractivity contribution in [2.24, 2.45) is 0 Å². The number of carbonyl (C=O) groups is 1. The van der Waals surface area contributed by atoms with Crippen molar-refractivity contribution in [3.63, 3.8) is 0 Å². The average molecular weight is 356 g/mol. The molecule has 1 fully saturated rings. The lowest BCUT2D eigenvalue weighted by molar-refractivity contribution is -0.121. The Bertz CT molecular complexity index is 865. The van der Waals surface area contributed by atoms with Crippen LogP contribution in [-0.2, 0) is 4.79 Å². The third kappa shape index (κ3) is 3.83.